The molecular formula is C16H21N3O4. The first-order valence-electron chi connectivity index (χ1n) is 7.80. The van der Waals surface area contributed by atoms with E-state index in [-0.39, 0.29) is 29.7 Å². The van der Waals surface area contributed by atoms with Crippen LogP contribution in [-0.4, -0.2) is 29.3 Å². The van der Waals surface area contributed by atoms with Gasteiger partial charge < -0.3 is 10.6 Å². The van der Waals surface area contributed by atoms with Crippen LogP contribution in [0.2, 0.25) is 0 Å². The lowest BCUT2D eigenvalue weighted by Crippen LogP contribution is -2.42. The number of carbonyl (C=O) groups is 2. The Bertz CT molecular complexity index is 609. The molecule has 1 fully saturated rings. The topological polar surface area (TPSA) is 101 Å². The molecule has 124 valence electrons. The predicted molar refractivity (Wildman–Crippen MR) is 85.2 cm³/mol. The van der Waals surface area contributed by atoms with Crippen LogP contribution in [0.1, 0.15) is 48.0 Å². The molecule has 2 amide bonds. The number of nitro groups is 1. The van der Waals surface area contributed by atoms with Crippen molar-refractivity contribution in [3.8, 4) is 0 Å². The van der Waals surface area contributed by atoms with Crippen LogP contribution in [0.15, 0.2) is 18.2 Å². The van der Waals surface area contributed by atoms with E-state index in [9.17, 15) is 19.7 Å². The van der Waals surface area contributed by atoms with Crippen LogP contribution in [0, 0.1) is 17.0 Å². The lowest BCUT2D eigenvalue weighted by Gasteiger charge is -2.22. The van der Waals surface area contributed by atoms with Gasteiger partial charge in [-0.1, -0.05) is 25.3 Å². The molecule has 0 saturated heterocycles. The molecule has 0 unspecified atom stereocenters. The van der Waals surface area contributed by atoms with E-state index < -0.39 is 10.8 Å². The third kappa shape index (κ3) is 4.77. The smallest absolute Gasteiger partial charge is 0.273 e. The first-order valence-corrected chi connectivity index (χ1v) is 7.80. The van der Waals surface area contributed by atoms with E-state index >= 15 is 0 Å². The zero-order valence-corrected chi connectivity index (χ0v) is 13.1. The average Bonchev–Trinajstić information content (AvgIpc) is 2.53. The molecule has 0 aromatic heterocycles. The van der Waals surface area contributed by atoms with Gasteiger partial charge in [-0.15, -0.1) is 0 Å². The Morgan fingerprint density at radius 2 is 1.96 bits per heavy atom. The van der Waals surface area contributed by atoms with Gasteiger partial charge in [-0.2, -0.15) is 0 Å². The van der Waals surface area contributed by atoms with Gasteiger partial charge in [-0.25, -0.2) is 0 Å². The van der Waals surface area contributed by atoms with Crippen molar-refractivity contribution in [2.45, 2.75) is 45.1 Å². The summed E-state index contributed by atoms with van der Waals surface area (Å²) in [4.78, 5) is 34.2. The minimum Gasteiger partial charge on any atom is -0.352 e. The maximum absolute atomic E-state index is 12.0. The number of benzene rings is 1. The molecule has 0 aliphatic heterocycles. The Labute approximate surface area is 134 Å². The fourth-order valence-electron chi connectivity index (χ4n) is 2.74. The molecular weight excluding hydrogens is 298 g/mol. The van der Waals surface area contributed by atoms with Gasteiger partial charge in [0.1, 0.15) is 0 Å². The van der Waals surface area contributed by atoms with E-state index in [1.54, 1.807) is 6.92 Å². The Morgan fingerprint density at radius 1 is 1.26 bits per heavy atom. The first kappa shape index (κ1) is 16.9. The Kier molecular flexibility index (Phi) is 5.67. The largest absolute Gasteiger partial charge is 0.352 e. The average molecular weight is 319 g/mol. The second-order valence-corrected chi connectivity index (χ2v) is 5.84. The van der Waals surface area contributed by atoms with Crippen molar-refractivity contribution < 1.29 is 14.5 Å². The number of hydrogen-bond acceptors (Lipinski definition) is 4. The van der Waals surface area contributed by atoms with Crippen molar-refractivity contribution in [3.63, 3.8) is 0 Å². The minimum atomic E-state index is -0.526. The monoisotopic (exact) mass is 319 g/mol. The zero-order valence-electron chi connectivity index (χ0n) is 13.1. The normalized spacial score (nSPS) is 15.0. The molecule has 1 aromatic rings. The van der Waals surface area contributed by atoms with Gasteiger partial charge in [0.05, 0.1) is 11.5 Å². The van der Waals surface area contributed by atoms with Crippen molar-refractivity contribution >= 4 is 17.5 Å². The molecule has 1 saturated carbocycles. The maximum atomic E-state index is 12.0. The van der Waals surface area contributed by atoms with Crippen molar-refractivity contribution in [2.75, 3.05) is 6.54 Å². The summed E-state index contributed by atoms with van der Waals surface area (Å²) >= 11 is 0. The molecule has 1 aromatic carbocycles. The van der Waals surface area contributed by atoms with Gasteiger partial charge in [-0.3, -0.25) is 19.7 Å². The molecule has 7 nitrogen and oxygen atoms in total. The maximum Gasteiger partial charge on any atom is 0.273 e. The van der Waals surface area contributed by atoms with E-state index in [0.29, 0.717) is 5.56 Å². The number of aryl methyl sites for hydroxylation is 1. The first-order chi connectivity index (χ1) is 11.0. The third-order valence-corrected chi connectivity index (χ3v) is 4.05. The second kappa shape index (κ2) is 7.71. The highest BCUT2D eigenvalue weighted by Gasteiger charge is 2.18. The molecule has 0 atom stereocenters. The lowest BCUT2D eigenvalue weighted by molar-refractivity contribution is -0.385. The summed E-state index contributed by atoms with van der Waals surface area (Å²) in [5, 5.41) is 16.3. The summed E-state index contributed by atoms with van der Waals surface area (Å²) in [6, 6.07) is 4.45. The summed E-state index contributed by atoms with van der Waals surface area (Å²) in [5.74, 6) is -0.723. The molecule has 1 aliphatic rings. The van der Waals surface area contributed by atoms with E-state index in [4.69, 9.17) is 0 Å². The van der Waals surface area contributed by atoms with Crippen molar-refractivity contribution in [3.05, 3.63) is 39.4 Å². The fourth-order valence-corrected chi connectivity index (χ4v) is 2.74. The summed E-state index contributed by atoms with van der Waals surface area (Å²) < 4.78 is 0. The van der Waals surface area contributed by atoms with Crippen molar-refractivity contribution in [1.82, 2.24) is 10.6 Å². The highest BCUT2D eigenvalue weighted by atomic mass is 16.6. The number of carbonyl (C=O) groups excluding carboxylic acids is 2. The minimum absolute atomic E-state index is 0.107. The zero-order chi connectivity index (χ0) is 16.8. The van der Waals surface area contributed by atoms with Gasteiger partial charge in [0.25, 0.3) is 11.6 Å². The predicted octanol–water partition coefficient (Wildman–Crippen LogP) is 2.08. The van der Waals surface area contributed by atoms with Crippen molar-refractivity contribution in [2.24, 2.45) is 0 Å². The van der Waals surface area contributed by atoms with Crippen LogP contribution in [0.4, 0.5) is 5.69 Å². The lowest BCUT2D eigenvalue weighted by atomic mass is 9.95. The quantitative estimate of drug-likeness (QED) is 0.641. The molecule has 0 bridgehead atoms. The number of nitrogens with one attached hydrogen (secondary N) is 2. The standard InChI is InChI=1S/C16H21N3O4/c1-11-7-8-12(9-14(11)19(22)23)16(21)17-10-15(20)18-13-5-3-2-4-6-13/h7-9,13H,2-6,10H2,1H3,(H,17,21)(H,18,20). The number of hydrogen-bond donors (Lipinski definition) is 2. The number of amides is 2. The van der Waals surface area contributed by atoms with Gasteiger partial charge in [0.2, 0.25) is 5.91 Å². The second-order valence-electron chi connectivity index (χ2n) is 5.84. The number of nitro benzene ring substituents is 1. The summed E-state index contributed by atoms with van der Waals surface area (Å²) in [6.45, 7) is 1.48. The Morgan fingerprint density at radius 3 is 2.61 bits per heavy atom. The molecule has 1 aliphatic carbocycles. The van der Waals surface area contributed by atoms with E-state index in [1.165, 1.54) is 24.6 Å². The number of rotatable bonds is 5. The van der Waals surface area contributed by atoms with Crippen LogP contribution >= 0.6 is 0 Å². The Hall–Kier alpha value is -2.44. The third-order valence-electron chi connectivity index (χ3n) is 4.05. The van der Waals surface area contributed by atoms with Crippen LogP contribution in [0.5, 0.6) is 0 Å². The molecule has 2 rings (SSSR count). The molecule has 0 spiro atoms. The van der Waals surface area contributed by atoms with E-state index in [1.807, 2.05) is 0 Å². The van der Waals surface area contributed by atoms with Gasteiger partial charge in [-0.05, 0) is 25.8 Å². The summed E-state index contributed by atoms with van der Waals surface area (Å²) in [7, 11) is 0. The Balaban J connectivity index is 1.88. The summed E-state index contributed by atoms with van der Waals surface area (Å²) in [6.07, 6.45) is 5.39. The highest BCUT2D eigenvalue weighted by molar-refractivity contribution is 5.97. The van der Waals surface area contributed by atoms with Crippen molar-refractivity contribution in [1.29, 1.82) is 0 Å². The van der Waals surface area contributed by atoms with Crippen LogP contribution in [0.25, 0.3) is 0 Å². The van der Waals surface area contributed by atoms with Crippen LogP contribution in [0.3, 0.4) is 0 Å². The number of nitrogens with zero attached hydrogens (tertiary/aromatic N) is 1. The molecule has 23 heavy (non-hydrogen) atoms. The van der Waals surface area contributed by atoms with Gasteiger partial charge in [0.15, 0.2) is 0 Å². The van der Waals surface area contributed by atoms with E-state index in [2.05, 4.69) is 10.6 Å². The fraction of sp³-hybridized carbons (Fsp3) is 0.500. The SMILES string of the molecule is Cc1ccc(C(=O)NCC(=O)NC2CCCCC2)cc1[N+](=O)[O-]. The highest BCUT2D eigenvalue weighted by Crippen LogP contribution is 2.19. The molecule has 0 heterocycles. The van der Waals surface area contributed by atoms with Crippen LogP contribution < -0.4 is 10.6 Å². The van der Waals surface area contributed by atoms with Gasteiger partial charge >= 0.3 is 0 Å². The molecule has 2 N–H and O–H groups in total. The molecule has 0 radical (unpaired) electrons. The molecule has 7 heteroatoms. The van der Waals surface area contributed by atoms with Crippen LogP contribution in [-0.2, 0) is 4.79 Å². The summed E-state index contributed by atoms with van der Waals surface area (Å²) in [5.41, 5.74) is 0.554. The van der Waals surface area contributed by atoms with Gasteiger partial charge in [0, 0.05) is 23.2 Å². The van der Waals surface area contributed by atoms with E-state index in [0.717, 1.165) is 25.7 Å².